The van der Waals surface area contributed by atoms with Crippen LogP contribution in [0.4, 0.5) is 11.4 Å². The van der Waals surface area contributed by atoms with Gasteiger partial charge >= 0.3 is 0 Å². The summed E-state index contributed by atoms with van der Waals surface area (Å²) in [5, 5.41) is 11.8. The molecule has 0 aliphatic carbocycles. The highest BCUT2D eigenvalue weighted by atomic mass is 16.1. The van der Waals surface area contributed by atoms with Crippen LogP contribution in [-0.4, -0.2) is 17.7 Å². The Morgan fingerprint density at radius 1 is 0.613 bits per heavy atom. The van der Waals surface area contributed by atoms with Crippen molar-refractivity contribution in [2.75, 3.05) is 5.32 Å². The number of rotatable bonds is 7. The summed E-state index contributed by atoms with van der Waals surface area (Å²) < 4.78 is 0. The summed E-state index contributed by atoms with van der Waals surface area (Å²) in [6, 6.07) is 36.3. The Labute approximate surface area is 181 Å². The van der Waals surface area contributed by atoms with Crippen LogP contribution in [0.1, 0.15) is 21.5 Å². The minimum Gasteiger partial charge on any atom is -0.356 e. The number of Topliss-reactive ketones (excluding diaryl/α,β-unsaturated/α-hetero) is 1. The van der Waals surface area contributed by atoms with Crippen molar-refractivity contribution in [1.29, 1.82) is 0 Å². The number of carbonyl (C=O) groups excluding carboxylic acids is 1. The molecule has 0 radical (unpaired) electrons. The summed E-state index contributed by atoms with van der Waals surface area (Å²) in [6.45, 7) is 0. The molecule has 0 aliphatic rings. The van der Waals surface area contributed by atoms with Gasteiger partial charge in [-0.25, -0.2) is 0 Å². The third-order valence-corrected chi connectivity index (χ3v) is 4.64. The van der Waals surface area contributed by atoms with Crippen LogP contribution in [0.25, 0.3) is 0 Å². The molecular weight excluding hydrogens is 382 g/mol. The first-order valence-electron chi connectivity index (χ1n) is 9.98. The molecule has 1 N–H and O–H groups in total. The van der Waals surface area contributed by atoms with E-state index in [0.29, 0.717) is 11.3 Å². The molecule has 4 aromatic rings. The van der Waals surface area contributed by atoms with Crippen molar-refractivity contribution in [2.24, 2.45) is 10.2 Å². The number of para-hydroxylation sites is 1. The van der Waals surface area contributed by atoms with E-state index in [1.807, 2.05) is 103 Å². The lowest BCUT2D eigenvalue weighted by Gasteiger charge is -2.06. The number of hydrogen-bond donors (Lipinski definition) is 1. The number of nitrogens with one attached hydrogen (secondary N) is 1. The molecule has 150 valence electrons. The molecule has 0 unspecified atom stereocenters. The second-order valence-corrected chi connectivity index (χ2v) is 6.87. The second-order valence-electron chi connectivity index (χ2n) is 6.87. The first-order chi connectivity index (χ1) is 15.3. The van der Waals surface area contributed by atoms with Gasteiger partial charge in [0.15, 0.2) is 0 Å². The van der Waals surface area contributed by atoms with Gasteiger partial charge in [0, 0.05) is 22.5 Å². The quantitative estimate of drug-likeness (QED) is 0.229. The Morgan fingerprint density at radius 3 is 1.74 bits per heavy atom. The van der Waals surface area contributed by atoms with Crippen LogP contribution >= 0.6 is 0 Å². The topological polar surface area (TPSA) is 53.8 Å². The number of ketones is 1. The average molecular weight is 403 g/mol. The van der Waals surface area contributed by atoms with Crippen LogP contribution in [0, 0.1) is 0 Å². The Morgan fingerprint density at radius 2 is 1.13 bits per heavy atom. The standard InChI is InChI=1S/C27H21N3O/c31-27(23-12-6-2-7-13-23)26(22-10-4-1-5-11-22)30-28-20-21-16-18-25(19-17-21)29-24-14-8-3-9-15-24/h1-20,29H/b28-20-,30-26+. The van der Waals surface area contributed by atoms with Crippen molar-refractivity contribution in [3.05, 3.63) is 132 Å². The molecule has 0 atom stereocenters. The Kier molecular flexibility index (Phi) is 6.41. The van der Waals surface area contributed by atoms with E-state index < -0.39 is 0 Å². The minimum atomic E-state index is -0.161. The maximum Gasteiger partial charge on any atom is 0.213 e. The predicted octanol–water partition coefficient (Wildman–Crippen LogP) is 6.14. The van der Waals surface area contributed by atoms with Crippen LogP contribution in [-0.2, 0) is 0 Å². The van der Waals surface area contributed by atoms with Crippen molar-refractivity contribution in [3.63, 3.8) is 0 Å². The van der Waals surface area contributed by atoms with Gasteiger partial charge < -0.3 is 5.32 Å². The fraction of sp³-hybridized carbons (Fsp3) is 0. The molecule has 0 heterocycles. The number of carbonyl (C=O) groups is 1. The summed E-state index contributed by atoms with van der Waals surface area (Å²) in [5.41, 5.74) is 4.52. The van der Waals surface area contributed by atoms with E-state index >= 15 is 0 Å². The third-order valence-electron chi connectivity index (χ3n) is 4.64. The summed E-state index contributed by atoms with van der Waals surface area (Å²) in [4.78, 5) is 13.0. The SMILES string of the molecule is O=C(/C(=N/N=C\c1ccc(Nc2ccccc2)cc1)c1ccccc1)c1ccccc1. The number of anilines is 2. The van der Waals surface area contributed by atoms with Crippen LogP contribution in [0.2, 0.25) is 0 Å². The molecule has 31 heavy (non-hydrogen) atoms. The Balaban J connectivity index is 1.54. The summed E-state index contributed by atoms with van der Waals surface area (Å²) in [7, 11) is 0. The van der Waals surface area contributed by atoms with Gasteiger partial charge in [0.1, 0.15) is 5.71 Å². The molecule has 4 heteroatoms. The van der Waals surface area contributed by atoms with E-state index in [-0.39, 0.29) is 5.78 Å². The molecule has 4 rings (SSSR count). The number of nitrogens with zero attached hydrogens (tertiary/aromatic N) is 2. The molecule has 4 nitrogen and oxygen atoms in total. The lowest BCUT2D eigenvalue weighted by molar-refractivity contribution is 0.106. The second kappa shape index (κ2) is 9.94. The first-order valence-corrected chi connectivity index (χ1v) is 9.98. The zero-order valence-electron chi connectivity index (χ0n) is 16.8. The van der Waals surface area contributed by atoms with Crippen molar-refractivity contribution in [1.82, 2.24) is 0 Å². The Hall–Kier alpha value is -4.31. The molecule has 0 fully saturated rings. The highest BCUT2D eigenvalue weighted by Crippen LogP contribution is 2.16. The maximum absolute atomic E-state index is 13.0. The van der Waals surface area contributed by atoms with Gasteiger partial charge in [-0.2, -0.15) is 5.10 Å². The molecule has 0 aromatic heterocycles. The van der Waals surface area contributed by atoms with Gasteiger partial charge in [-0.1, -0.05) is 91.0 Å². The van der Waals surface area contributed by atoms with Gasteiger partial charge in [-0.15, -0.1) is 5.10 Å². The van der Waals surface area contributed by atoms with Crippen molar-refractivity contribution < 1.29 is 4.79 Å². The van der Waals surface area contributed by atoms with Gasteiger partial charge in [-0.05, 0) is 29.8 Å². The molecule has 0 saturated carbocycles. The van der Waals surface area contributed by atoms with E-state index in [1.165, 1.54) is 0 Å². The van der Waals surface area contributed by atoms with Crippen LogP contribution in [0.15, 0.2) is 125 Å². The molecule has 0 bridgehead atoms. The summed E-state index contributed by atoms with van der Waals surface area (Å²) in [5.74, 6) is -0.161. The third kappa shape index (κ3) is 5.40. The lowest BCUT2D eigenvalue weighted by atomic mass is 10.0. The zero-order valence-corrected chi connectivity index (χ0v) is 16.8. The normalized spacial score (nSPS) is 11.4. The van der Waals surface area contributed by atoms with E-state index in [0.717, 1.165) is 22.5 Å². The van der Waals surface area contributed by atoms with E-state index in [9.17, 15) is 4.79 Å². The molecule has 0 spiro atoms. The predicted molar refractivity (Wildman–Crippen MR) is 128 cm³/mol. The molecule has 0 amide bonds. The van der Waals surface area contributed by atoms with E-state index in [2.05, 4.69) is 15.5 Å². The molecular formula is C27H21N3O. The van der Waals surface area contributed by atoms with Crippen LogP contribution in [0.5, 0.6) is 0 Å². The fourth-order valence-corrected chi connectivity index (χ4v) is 3.05. The van der Waals surface area contributed by atoms with E-state index in [1.54, 1.807) is 18.3 Å². The fourth-order valence-electron chi connectivity index (χ4n) is 3.05. The van der Waals surface area contributed by atoms with Crippen molar-refractivity contribution in [2.45, 2.75) is 0 Å². The molecule has 4 aromatic carbocycles. The monoisotopic (exact) mass is 403 g/mol. The van der Waals surface area contributed by atoms with Crippen molar-refractivity contribution >= 4 is 29.1 Å². The summed E-state index contributed by atoms with van der Waals surface area (Å²) in [6.07, 6.45) is 1.65. The van der Waals surface area contributed by atoms with Gasteiger partial charge in [-0.3, -0.25) is 4.79 Å². The Bertz CT molecular complexity index is 1180. The van der Waals surface area contributed by atoms with Gasteiger partial charge in [0.05, 0.1) is 6.21 Å². The average Bonchev–Trinajstić information content (AvgIpc) is 2.84. The largest absolute Gasteiger partial charge is 0.356 e. The highest BCUT2D eigenvalue weighted by Gasteiger charge is 2.15. The number of benzene rings is 4. The molecule has 0 saturated heterocycles. The van der Waals surface area contributed by atoms with Crippen LogP contribution < -0.4 is 5.32 Å². The smallest absolute Gasteiger partial charge is 0.213 e. The maximum atomic E-state index is 13.0. The highest BCUT2D eigenvalue weighted by molar-refractivity contribution is 6.51. The lowest BCUT2D eigenvalue weighted by Crippen LogP contribution is -2.15. The van der Waals surface area contributed by atoms with Gasteiger partial charge in [0.25, 0.3) is 0 Å². The minimum absolute atomic E-state index is 0.161. The summed E-state index contributed by atoms with van der Waals surface area (Å²) >= 11 is 0. The van der Waals surface area contributed by atoms with Crippen LogP contribution in [0.3, 0.4) is 0 Å². The zero-order chi connectivity index (χ0) is 21.3. The van der Waals surface area contributed by atoms with Crippen molar-refractivity contribution in [3.8, 4) is 0 Å². The first kappa shape index (κ1) is 20.0. The van der Waals surface area contributed by atoms with Gasteiger partial charge in [0.2, 0.25) is 5.78 Å². The number of hydrogen-bond acceptors (Lipinski definition) is 4. The van der Waals surface area contributed by atoms with E-state index in [4.69, 9.17) is 0 Å². The molecule has 0 aliphatic heterocycles.